The van der Waals surface area contributed by atoms with Crippen LogP contribution in [0.25, 0.3) is 0 Å². The molecule has 0 saturated heterocycles. The minimum Gasteiger partial charge on any atom is -0.416 e. The Labute approximate surface area is 64.6 Å². The molecule has 0 amide bonds. The van der Waals surface area contributed by atoms with E-state index in [0.717, 1.165) is 0 Å². The van der Waals surface area contributed by atoms with E-state index >= 15 is 0 Å². The molecule has 7 heteroatoms. The Morgan fingerprint density at radius 2 is 2.08 bits per heavy atom. The fraction of sp³-hybridized carbons (Fsp3) is 0.400. The van der Waals surface area contributed by atoms with Gasteiger partial charge in [-0.2, -0.15) is 18.4 Å². The molecule has 0 unspecified atom stereocenters. The summed E-state index contributed by atoms with van der Waals surface area (Å²) in [6.45, 7) is 0. The largest absolute Gasteiger partial charge is 0.470 e. The van der Waals surface area contributed by atoms with E-state index in [1.807, 2.05) is 0 Å². The summed E-state index contributed by atoms with van der Waals surface area (Å²) in [7, 11) is 0. The Bertz CT molecular complexity index is 310. The number of nitriles is 1. The Balaban J connectivity index is 2.86. The molecule has 0 saturated carbocycles. The first-order valence-corrected chi connectivity index (χ1v) is 2.80. The molecule has 4 nitrogen and oxygen atoms in total. The highest BCUT2D eigenvalue weighted by Crippen LogP contribution is 2.27. The van der Waals surface area contributed by atoms with Crippen molar-refractivity contribution in [2.24, 2.45) is 0 Å². The fourth-order valence-electron chi connectivity index (χ4n) is 0.507. The first-order valence-electron chi connectivity index (χ1n) is 2.80. The van der Waals surface area contributed by atoms with Crippen molar-refractivity contribution in [3.05, 3.63) is 11.8 Å². The maximum Gasteiger partial charge on any atom is 0.470 e. The Hall–Kier alpha value is -1.58. The van der Waals surface area contributed by atoms with E-state index in [-0.39, 0.29) is 12.3 Å². The molecule has 0 radical (unpaired) electrons. The highest BCUT2D eigenvalue weighted by Gasteiger charge is 2.37. The van der Waals surface area contributed by atoms with Crippen molar-refractivity contribution in [3.63, 3.8) is 0 Å². The minimum absolute atomic E-state index is 0.316. The topological polar surface area (TPSA) is 62.7 Å². The van der Waals surface area contributed by atoms with Gasteiger partial charge in [0.2, 0.25) is 5.89 Å². The Morgan fingerprint density at radius 3 is 2.50 bits per heavy atom. The summed E-state index contributed by atoms with van der Waals surface area (Å²) in [6, 6.07) is 1.59. The summed E-state index contributed by atoms with van der Waals surface area (Å²) < 4.78 is 39.4. The highest BCUT2D eigenvalue weighted by atomic mass is 19.4. The standard InChI is InChI=1S/C5H2F3N3O/c6-5(7,8)4-11-10-3(12-4)1-2-9/h1H2. The third-order valence-corrected chi connectivity index (χ3v) is 0.940. The van der Waals surface area contributed by atoms with Crippen LogP contribution in [0, 0.1) is 11.3 Å². The van der Waals surface area contributed by atoms with Crippen molar-refractivity contribution in [1.82, 2.24) is 10.2 Å². The first kappa shape index (κ1) is 8.52. The molecule has 0 N–H and O–H groups in total. The van der Waals surface area contributed by atoms with Crippen LogP contribution in [0.2, 0.25) is 0 Å². The highest BCUT2D eigenvalue weighted by molar-refractivity contribution is 4.92. The van der Waals surface area contributed by atoms with E-state index < -0.39 is 12.1 Å². The molecule has 0 aromatic carbocycles. The smallest absolute Gasteiger partial charge is 0.416 e. The zero-order valence-electron chi connectivity index (χ0n) is 5.59. The second-order valence-corrected chi connectivity index (χ2v) is 1.83. The molecular weight excluding hydrogens is 175 g/mol. The van der Waals surface area contributed by atoms with E-state index in [2.05, 4.69) is 14.6 Å². The summed E-state index contributed by atoms with van der Waals surface area (Å²) in [5.41, 5.74) is 0. The molecule has 64 valence electrons. The van der Waals surface area contributed by atoms with Gasteiger partial charge < -0.3 is 4.42 Å². The van der Waals surface area contributed by atoms with Crippen molar-refractivity contribution in [1.29, 1.82) is 5.26 Å². The van der Waals surface area contributed by atoms with Gasteiger partial charge in [0, 0.05) is 0 Å². The zero-order valence-corrected chi connectivity index (χ0v) is 5.59. The molecule has 0 aliphatic carbocycles. The lowest BCUT2D eigenvalue weighted by molar-refractivity contribution is -0.157. The third-order valence-electron chi connectivity index (χ3n) is 0.940. The fourth-order valence-corrected chi connectivity index (χ4v) is 0.507. The normalized spacial score (nSPS) is 11.2. The molecule has 0 aliphatic rings. The molecular formula is C5H2F3N3O. The van der Waals surface area contributed by atoms with Gasteiger partial charge >= 0.3 is 12.1 Å². The van der Waals surface area contributed by atoms with E-state index in [9.17, 15) is 13.2 Å². The summed E-state index contributed by atoms with van der Waals surface area (Å²) in [5, 5.41) is 13.8. The third kappa shape index (κ3) is 1.72. The maximum absolute atomic E-state index is 11.8. The molecule has 0 bridgehead atoms. The van der Waals surface area contributed by atoms with Gasteiger partial charge in [-0.1, -0.05) is 0 Å². The maximum atomic E-state index is 11.8. The summed E-state index contributed by atoms with van der Waals surface area (Å²) in [6.07, 6.45) is -4.95. The van der Waals surface area contributed by atoms with Gasteiger partial charge in [0.15, 0.2) is 0 Å². The van der Waals surface area contributed by atoms with E-state index in [1.165, 1.54) is 0 Å². The Morgan fingerprint density at radius 1 is 1.42 bits per heavy atom. The van der Waals surface area contributed by atoms with Gasteiger partial charge in [-0.05, 0) is 0 Å². The molecule has 0 fully saturated rings. The molecule has 0 atom stereocenters. The lowest BCUT2D eigenvalue weighted by atomic mass is 10.5. The molecule has 1 rings (SSSR count). The predicted octanol–water partition coefficient (Wildman–Crippen LogP) is 1.15. The van der Waals surface area contributed by atoms with Gasteiger partial charge in [-0.3, -0.25) is 0 Å². The number of aromatic nitrogens is 2. The van der Waals surface area contributed by atoms with Crippen LogP contribution < -0.4 is 0 Å². The van der Waals surface area contributed by atoms with Crippen molar-refractivity contribution >= 4 is 0 Å². The van der Waals surface area contributed by atoms with Crippen LogP contribution in [0.4, 0.5) is 13.2 Å². The van der Waals surface area contributed by atoms with E-state index in [1.54, 1.807) is 6.07 Å². The molecule has 12 heavy (non-hydrogen) atoms. The van der Waals surface area contributed by atoms with Gasteiger partial charge in [0.25, 0.3) is 0 Å². The molecule has 0 aliphatic heterocycles. The molecule has 1 aromatic heterocycles. The van der Waals surface area contributed by atoms with E-state index in [0.29, 0.717) is 0 Å². The van der Waals surface area contributed by atoms with Gasteiger partial charge in [-0.15, -0.1) is 10.2 Å². The van der Waals surface area contributed by atoms with Crippen molar-refractivity contribution in [3.8, 4) is 6.07 Å². The second-order valence-electron chi connectivity index (χ2n) is 1.83. The minimum atomic E-state index is -4.64. The van der Waals surface area contributed by atoms with Crippen molar-refractivity contribution in [2.45, 2.75) is 12.6 Å². The van der Waals surface area contributed by atoms with Crippen molar-refractivity contribution < 1.29 is 17.6 Å². The molecule has 0 spiro atoms. The van der Waals surface area contributed by atoms with Crippen LogP contribution in [0.3, 0.4) is 0 Å². The van der Waals surface area contributed by atoms with Gasteiger partial charge in [0.1, 0.15) is 6.42 Å². The van der Waals surface area contributed by atoms with E-state index in [4.69, 9.17) is 5.26 Å². The van der Waals surface area contributed by atoms with Crippen molar-refractivity contribution in [2.75, 3.05) is 0 Å². The zero-order chi connectivity index (χ0) is 9.19. The number of hydrogen-bond donors (Lipinski definition) is 0. The summed E-state index contributed by atoms with van der Waals surface area (Å²) in [4.78, 5) is 0. The second kappa shape index (κ2) is 2.81. The number of halogens is 3. The lowest BCUT2D eigenvalue weighted by Gasteiger charge is -1.96. The molecule has 1 heterocycles. The molecule has 1 aromatic rings. The quantitative estimate of drug-likeness (QED) is 0.645. The van der Waals surface area contributed by atoms with Crippen LogP contribution >= 0.6 is 0 Å². The van der Waals surface area contributed by atoms with Gasteiger partial charge in [-0.25, -0.2) is 0 Å². The average Bonchev–Trinajstić information content (AvgIpc) is 2.35. The summed E-state index contributed by atoms with van der Waals surface area (Å²) >= 11 is 0. The predicted molar refractivity (Wildman–Crippen MR) is 28.6 cm³/mol. The number of rotatable bonds is 1. The van der Waals surface area contributed by atoms with Crippen LogP contribution in [0.15, 0.2) is 4.42 Å². The number of hydrogen-bond acceptors (Lipinski definition) is 4. The average molecular weight is 177 g/mol. The summed E-state index contributed by atoms with van der Waals surface area (Å²) in [5.74, 6) is -1.75. The Kier molecular flexibility index (Phi) is 1.99. The SMILES string of the molecule is N#CCc1nnc(C(F)(F)F)o1. The van der Waals surface area contributed by atoms with Crippen LogP contribution in [-0.2, 0) is 12.6 Å². The first-order chi connectivity index (χ1) is 5.54. The van der Waals surface area contributed by atoms with Crippen LogP contribution in [0.5, 0.6) is 0 Å². The van der Waals surface area contributed by atoms with Gasteiger partial charge in [0.05, 0.1) is 6.07 Å². The lowest BCUT2D eigenvalue weighted by Crippen LogP contribution is -2.04. The van der Waals surface area contributed by atoms with Crippen LogP contribution in [0.1, 0.15) is 11.8 Å². The number of alkyl halides is 3. The number of nitrogens with zero attached hydrogens (tertiary/aromatic N) is 3. The van der Waals surface area contributed by atoms with Crippen LogP contribution in [-0.4, -0.2) is 10.2 Å². The monoisotopic (exact) mass is 177 g/mol.